The van der Waals surface area contributed by atoms with Crippen LogP contribution in [0.25, 0.3) is 27.5 Å². The molecular formula is C44H40N4. The lowest BCUT2D eigenvalue weighted by atomic mass is 9.84. The van der Waals surface area contributed by atoms with Crippen molar-refractivity contribution in [3.8, 4) is 6.07 Å². The lowest BCUT2D eigenvalue weighted by molar-refractivity contribution is 0.797. The van der Waals surface area contributed by atoms with E-state index in [0.29, 0.717) is 18.5 Å². The Balaban J connectivity index is 1.57. The zero-order valence-corrected chi connectivity index (χ0v) is 27.9. The van der Waals surface area contributed by atoms with Gasteiger partial charge in [0.1, 0.15) is 0 Å². The smallest absolute Gasteiger partial charge is 0.0988 e. The predicted molar refractivity (Wildman–Crippen MR) is 203 cm³/mol. The van der Waals surface area contributed by atoms with Crippen LogP contribution in [0.15, 0.2) is 167 Å². The maximum absolute atomic E-state index is 11.2. The summed E-state index contributed by atoms with van der Waals surface area (Å²) in [6.45, 7) is 10.9. The Kier molecular flexibility index (Phi) is 8.53. The molecule has 236 valence electrons. The van der Waals surface area contributed by atoms with Crippen molar-refractivity contribution in [1.29, 1.82) is 5.26 Å². The molecule has 0 N–H and O–H groups in total. The van der Waals surface area contributed by atoms with Crippen LogP contribution in [0.4, 0.5) is 5.69 Å². The molecule has 4 aromatic rings. The molecular weight excluding hydrogens is 585 g/mol. The predicted octanol–water partition coefficient (Wildman–Crippen LogP) is 11.0. The summed E-state index contributed by atoms with van der Waals surface area (Å²) in [5.74, 6) is 0.227. The third-order valence-corrected chi connectivity index (χ3v) is 9.55. The molecule has 1 aliphatic carbocycles. The Labute approximate surface area is 283 Å². The topological polar surface area (TPSA) is 44.3 Å². The van der Waals surface area contributed by atoms with Gasteiger partial charge >= 0.3 is 0 Å². The van der Waals surface area contributed by atoms with Gasteiger partial charge in [0.15, 0.2) is 0 Å². The first-order chi connectivity index (χ1) is 23.4. The van der Waals surface area contributed by atoms with Crippen molar-refractivity contribution < 1.29 is 0 Å². The molecule has 0 amide bonds. The van der Waals surface area contributed by atoms with Crippen LogP contribution in [0.5, 0.6) is 0 Å². The van der Waals surface area contributed by atoms with Gasteiger partial charge in [0.05, 0.1) is 46.3 Å². The van der Waals surface area contributed by atoms with Crippen LogP contribution >= 0.6 is 0 Å². The SMILES string of the molecule is C=C(C)/C=C\C(C)C1=C(CC2=C(C)N=C3/C=C\C=C/N(CC(C#N)=C2n2c4ccccc4c4ccccc42)c2ccccc23)CCC=C1. The number of hydrogen-bond donors (Lipinski definition) is 0. The molecule has 1 aromatic heterocycles. The highest BCUT2D eigenvalue weighted by atomic mass is 15.1. The van der Waals surface area contributed by atoms with Crippen molar-refractivity contribution in [3.63, 3.8) is 0 Å². The largest absolute Gasteiger partial charge is 0.342 e. The van der Waals surface area contributed by atoms with Crippen LogP contribution in [0.3, 0.4) is 0 Å². The van der Waals surface area contributed by atoms with Crippen molar-refractivity contribution in [2.75, 3.05) is 11.4 Å². The van der Waals surface area contributed by atoms with E-state index in [2.05, 4.69) is 145 Å². The number of anilines is 1. The molecule has 3 aliphatic rings. The molecule has 4 nitrogen and oxygen atoms in total. The molecule has 1 unspecified atom stereocenters. The minimum absolute atomic E-state index is 0.227. The van der Waals surface area contributed by atoms with E-state index in [0.717, 1.165) is 63.4 Å². The Bertz CT molecular complexity index is 2200. The molecule has 2 aliphatic heterocycles. The summed E-state index contributed by atoms with van der Waals surface area (Å²) in [5.41, 5.74) is 12.5. The quantitative estimate of drug-likeness (QED) is 0.200. The summed E-state index contributed by atoms with van der Waals surface area (Å²) in [6, 6.07) is 28.2. The first kappa shape index (κ1) is 31.0. The molecule has 0 saturated carbocycles. The molecule has 0 spiro atoms. The highest BCUT2D eigenvalue weighted by Gasteiger charge is 2.27. The number of nitrogens with zero attached hydrogens (tertiary/aromatic N) is 4. The van der Waals surface area contributed by atoms with E-state index < -0.39 is 0 Å². The van der Waals surface area contributed by atoms with Gasteiger partial charge in [0, 0.05) is 33.8 Å². The molecule has 2 bridgehead atoms. The van der Waals surface area contributed by atoms with E-state index in [9.17, 15) is 5.26 Å². The number of nitriles is 1. The normalized spacial score (nSPS) is 18.5. The number of para-hydroxylation sites is 3. The number of rotatable bonds is 6. The average molecular weight is 625 g/mol. The zero-order chi connectivity index (χ0) is 33.2. The summed E-state index contributed by atoms with van der Waals surface area (Å²) in [4.78, 5) is 7.62. The minimum atomic E-state index is 0.227. The van der Waals surface area contributed by atoms with Crippen LogP contribution in [0.2, 0.25) is 0 Å². The maximum Gasteiger partial charge on any atom is 0.0988 e. The second kappa shape index (κ2) is 13.2. The third-order valence-electron chi connectivity index (χ3n) is 9.55. The fraction of sp³-hybridized carbons (Fsp3) is 0.182. The van der Waals surface area contributed by atoms with Gasteiger partial charge in [0.2, 0.25) is 0 Å². The van der Waals surface area contributed by atoms with Crippen molar-refractivity contribution in [2.45, 2.75) is 40.0 Å². The standard InChI is InChI=1S/C44H40N4/c1-30(2)24-25-31(3)35-16-6-5-15-33(35)27-39-32(4)46-40-20-13-14-26-47(41-21-10-9-19-38(40)41)29-34(28-45)44(39)48-42-22-11-7-17-36(42)37-18-8-12-23-43(37)48/h6-14,16-26,31H,1,5,15,27,29H2,2-4H3/b20-13-,25-24-,26-14-,39-32?,44-34?,46-40?. The molecule has 1 atom stereocenters. The Morgan fingerprint density at radius 3 is 2.42 bits per heavy atom. The average Bonchev–Trinajstić information content (AvgIpc) is 3.43. The summed E-state index contributed by atoms with van der Waals surface area (Å²) in [5, 5.41) is 13.5. The van der Waals surface area contributed by atoms with Crippen LogP contribution in [0.1, 0.15) is 45.6 Å². The van der Waals surface area contributed by atoms with E-state index in [-0.39, 0.29) is 5.92 Å². The Morgan fingerprint density at radius 1 is 0.979 bits per heavy atom. The minimum Gasteiger partial charge on any atom is -0.342 e. The fourth-order valence-electron chi connectivity index (χ4n) is 7.25. The van der Waals surface area contributed by atoms with E-state index in [1.54, 1.807) is 0 Å². The van der Waals surface area contributed by atoms with Gasteiger partial charge in [-0.3, -0.25) is 4.99 Å². The van der Waals surface area contributed by atoms with E-state index in [1.165, 1.54) is 21.9 Å². The van der Waals surface area contributed by atoms with Crippen LogP contribution < -0.4 is 4.90 Å². The van der Waals surface area contributed by atoms with Crippen molar-refractivity contribution >= 4 is 38.9 Å². The summed E-state index contributed by atoms with van der Waals surface area (Å²) in [7, 11) is 0. The number of hydrogen-bond acceptors (Lipinski definition) is 3. The van der Waals surface area contributed by atoms with Crippen molar-refractivity contribution in [2.24, 2.45) is 10.9 Å². The molecule has 3 aromatic carbocycles. The fourth-order valence-corrected chi connectivity index (χ4v) is 7.25. The highest BCUT2D eigenvalue weighted by Crippen LogP contribution is 2.42. The molecule has 48 heavy (non-hydrogen) atoms. The summed E-state index contributed by atoms with van der Waals surface area (Å²) in [6.07, 6.45) is 19.9. The monoisotopic (exact) mass is 624 g/mol. The number of benzene rings is 3. The molecule has 0 fully saturated rings. The van der Waals surface area contributed by atoms with Gasteiger partial charge in [-0.15, -0.1) is 0 Å². The van der Waals surface area contributed by atoms with Crippen LogP contribution in [0, 0.1) is 17.2 Å². The lowest BCUT2D eigenvalue weighted by Crippen LogP contribution is -2.24. The maximum atomic E-state index is 11.2. The van der Waals surface area contributed by atoms with Crippen LogP contribution in [-0.4, -0.2) is 16.8 Å². The van der Waals surface area contributed by atoms with E-state index in [4.69, 9.17) is 4.99 Å². The molecule has 7 rings (SSSR count). The van der Waals surface area contributed by atoms with Gasteiger partial charge in [-0.2, -0.15) is 5.26 Å². The zero-order valence-electron chi connectivity index (χ0n) is 27.9. The Morgan fingerprint density at radius 2 is 1.69 bits per heavy atom. The number of aromatic nitrogens is 1. The first-order valence-corrected chi connectivity index (χ1v) is 16.8. The van der Waals surface area contributed by atoms with Gasteiger partial charge < -0.3 is 9.47 Å². The van der Waals surface area contributed by atoms with E-state index in [1.807, 2.05) is 19.1 Å². The van der Waals surface area contributed by atoms with E-state index >= 15 is 0 Å². The second-order valence-electron chi connectivity index (χ2n) is 12.9. The molecule has 0 radical (unpaired) electrons. The van der Waals surface area contributed by atoms with Gasteiger partial charge in [0.25, 0.3) is 0 Å². The Hall–Kier alpha value is -5.66. The molecule has 4 heteroatoms. The lowest BCUT2D eigenvalue weighted by Gasteiger charge is -2.29. The summed E-state index contributed by atoms with van der Waals surface area (Å²) < 4.78 is 2.33. The van der Waals surface area contributed by atoms with Crippen molar-refractivity contribution in [1.82, 2.24) is 4.57 Å². The summed E-state index contributed by atoms with van der Waals surface area (Å²) >= 11 is 0. The number of fused-ring (bicyclic) bond motifs is 3. The molecule has 0 saturated heterocycles. The molecule has 3 heterocycles. The van der Waals surface area contributed by atoms with Gasteiger partial charge in [-0.25, -0.2) is 0 Å². The van der Waals surface area contributed by atoms with Gasteiger partial charge in [-0.05, 0) is 75.0 Å². The van der Waals surface area contributed by atoms with Gasteiger partial charge in [-0.1, -0.05) is 110 Å². The third kappa shape index (κ3) is 5.73. The van der Waals surface area contributed by atoms with Crippen LogP contribution in [-0.2, 0) is 0 Å². The number of allylic oxidation sites excluding steroid dienone is 13. The second-order valence-corrected chi connectivity index (χ2v) is 12.9. The number of aliphatic imine (C=N–C) groups is 1. The highest BCUT2D eigenvalue weighted by molar-refractivity contribution is 6.14. The first-order valence-electron chi connectivity index (χ1n) is 16.8. The van der Waals surface area contributed by atoms with Crippen molar-refractivity contribution in [3.05, 3.63) is 167 Å².